The summed E-state index contributed by atoms with van der Waals surface area (Å²) >= 11 is 0. The van der Waals surface area contributed by atoms with Crippen LogP contribution >= 0.6 is 0 Å². The molecule has 20 heavy (non-hydrogen) atoms. The molecule has 0 aliphatic carbocycles. The van der Waals surface area contributed by atoms with Gasteiger partial charge in [-0.15, -0.1) is 0 Å². The van der Waals surface area contributed by atoms with Gasteiger partial charge in [-0.3, -0.25) is 0 Å². The van der Waals surface area contributed by atoms with Gasteiger partial charge in [-0.05, 0) is 38.3 Å². The maximum atomic E-state index is 6.46. The Labute approximate surface area is 124 Å². The summed E-state index contributed by atoms with van der Waals surface area (Å²) in [6.45, 7) is 14.1. The van der Waals surface area contributed by atoms with Gasteiger partial charge in [0.1, 0.15) is 0 Å². The minimum atomic E-state index is -0.0859. The first-order chi connectivity index (χ1) is 9.41. The molecular weight excluding hydrogens is 246 g/mol. The monoisotopic (exact) mass is 277 g/mol. The summed E-state index contributed by atoms with van der Waals surface area (Å²) < 4.78 is 6.46. The van der Waals surface area contributed by atoms with Crippen molar-refractivity contribution >= 4 is 0 Å². The Morgan fingerprint density at radius 2 is 1.70 bits per heavy atom. The van der Waals surface area contributed by atoms with Crippen LogP contribution in [0.15, 0.2) is 30.3 Å². The second-order valence-corrected chi connectivity index (χ2v) is 6.39. The lowest BCUT2D eigenvalue weighted by Crippen LogP contribution is -2.42. The second kappa shape index (κ2) is 7.80. The van der Waals surface area contributed by atoms with E-state index in [0.29, 0.717) is 5.92 Å². The molecule has 0 saturated carbocycles. The fraction of sp³-hybridized carbons (Fsp3) is 0.667. The first-order valence-electron chi connectivity index (χ1n) is 7.87. The summed E-state index contributed by atoms with van der Waals surface area (Å²) in [5, 5.41) is 3.60. The van der Waals surface area contributed by atoms with E-state index in [1.807, 2.05) is 0 Å². The van der Waals surface area contributed by atoms with E-state index in [9.17, 15) is 0 Å². The van der Waals surface area contributed by atoms with Gasteiger partial charge in [-0.2, -0.15) is 0 Å². The maximum Gasteiger partial charge on any atom is 0.0799 e. The molecule has 1 N–H and O–H groups in total. The summed E-state index contributed by atoms with van der Waals surface area (Å²) in [5.74, 6) is 0.463. The van der Waals surface area contributed by atoms with Gasteiger partial charge in [0.15, 0.2) is 0 Å². The van der Waals surface area contributed by atoms with Gasteiger partial charge >= 0.3 is 0 Å². The second-order valence-electron chi connectivity index (χ2n) is 6.39. The molecule has 0 amide bonds. The van der Waals surface area contributed by atoms with Crippen molar-refractivity contribution in [3.8, 4) is 0 Å². The molecule has 2 heteroatoms. The van der Waals surface area contributed by atoms with Crippen molar-refractivity contribution < 1.29 is 4.74 Å². The van der Waals surface area contributed by atoms with Crippen molar-refractivity contribution in [3.05, 3.63) is 35.9 Å². The molecule has 1 aromatic rings. The van der Waals surface area contributed by atoms with Crippen LogP contribution in [-0.4, -0.2) is 18.2 Å². The molecule has 114 valence electrons. The summed E-state index contributed by atoms with van der Waals surface area (Å²) in [5.41, 5.74) is 1.22. The number of nitrogens with one attached hydrogen (secondary N) is 1. The first-order valence-corrected chi connectivity index (χ1v) is 7.87. The third-order valence-electron chi connectivity index (χ3n) is 3.87. The van der Waals surface area contributed by atoms with Gasteiger partial charge in [0.25, 0.3) is 0 Å². The van der Waals surface area contributed by atoms with Crippen molar-refractivity contribution in [2.75, 3.05) is 6.54 Å². The minimum Gasteiger partial charge on any atom is -0.370 e. The molecule has 2 unspecified atom stereocenters. The third kappa shape index (κ3) is 4.92. The van der Waals surface area contributed by atoms with Gasteiger partial charge in [-0.1, -0.05) is 58.0 Å². The van der Waals surface area contributed by atoms with Crippen LogP contribution in [0.25, 0.3) is 0 Å². The molecule has 0 heterocycles. The van der Waals surface area contributed by atoms with Crippen molar-refractivity contribution in [1.29, 1.82) is 0 Å². The maximum absolute atomic E-state index is 6.46. The predicted octanol–water partition coefficient (Wildman–Crippen LogP) is 4.57. The average Bonchev–Trinajstić information content (AvgIpc) is 2.43. The lowest BCUT2D eigenvalue weighted by Gasteiger charge is -2.37. The molecule has 1 aromatic carbocycles. The topological polar surface area (TPSA) is 21.3 Å². The molecular formula is C18H31NO. The van der Waals surface area contributed by atoms with Crippen LogP contribution in [0.5, 0.6) is 0 Å². The van der Waals surface area contributed by atoms with Crippen molar-refractivity contribution in [1.82, 2.24) is 5.32 Å². The molecule has 0 spiro atoms. The predicted molar refractivity (Wildman–Crippen MR) is 86.9 cm³/mol. The van der Waals surface area contributed by atoms with E-state index in [-0.39, 0.29) is 17.7 Å². The number of hydrogen-bond donors (Lipinski definition) is 1. The van der Waals surface area contributed by atoms with E-state index in [1.54, 1.807) is 0 Å². The summed E-state index contributed by atoms with van der Waals surface area (Å²) in [6, 6.07) is 10.9. The standard InChI is InChI=1S/C18H31NO/c1-7-18(5,6)20-17(14(3)4)16(19-8-2)15-12-10-9-11-13-15/h9-14,16-17,19H,7-8H2,1-6H3. The van der Waals surface area contributed by atoms with Crippen LogP contribution in [0.4, 0.5) is 0 Å². The molecule has 0 radical (unpaired) electrons. The Bertz CT molecular complexity index is 372. The molecule has 0 saturated heterocycles. The molecule has 0 aromatic heterocycles. The van der Waals surface area contributed by atoms with Gasteiger partial charge < -0.3 is 10.1 Å². The third-order valence-corrected chi connectivity index (χ3v) is 3.87. The lowest BCUT2D eigenvalue weighted by molar-refractivity contribution is -0.107. The Morgan fingerprint density at radius 1 is 1.10 bits per heavy atom. The quantitative estimate of drug-likeness (QED) is 0.751. The summed E-state index contributed by atoms with van der Waals surface area (Å²) in [4.78, 5) is 0. The molecule has 0 aliphatic rings. The van der Waals surface area contributed by atoms with Crippen LogP contribution in [0, 0.1) is 5.92 Å². The van der Waals surface area contributed by atoms with Crippen LogP contribution < -0.4 is 5.32 Å². The molecule has 0 bridgehead atoms. The number of hydrogen-bond acceptors (Lipinski definition) is 2. The van der Waals surface area contributed by atoms with E-state index >= 15 is 0 Å². The number of rotatable bonds is 8. The van der Waals surface area contributed by atoms with Gasteiger partial charge in [-0.25, -0.2) is 0 Å². The summed E-state index contributed by atoms with van der Waals surface area (Å²) in [7, 11) is 0. The number of likely N-dealkylation sites (N-methyl/N-ethyl adjacent to an activating group) is 1. The van der Waals surface area contributed by atoms with Crippen LogP contribution in [0.1, 0.15) is 59.6 Å². The Morgan fingerprint density at radius 3 is 2.15 bits per heavy atom. The summed E-state index contributed by atoms with van der Waals surface area (Å²) in [6.07, 6.45) is 1.19. The highest BCUT2D eigenvalue weighted by atomic mass is 16.5. The zero-order chi connectivity index (χ0) is 15.2. The Hall–Kier alpha value is -0.860. The molecule has 0 fully saturated rings. The normalized spacial score (nSPS) is 15.3. The van der Waals surface area contributed by atoms with E-state index in [1.165, 1.54) is 5.56 Å². The van der Waals surface area contributed by atoms with Crippen molar-refractivity contribution in [2.24, 2.45) is 5.92 Å². The largest absolute Gasteiger partial charge is 0.370 e. The number of benzene rings is 1. The van der Waals surface area contributed by atoms with Crippen LogP contribution in [0.2, 0.25) is 0 Å². The minimum absolute atomic E-state index is 0.0859. The van der Waals surface area contributed by atoms with Crippen LogP contribution in [-0.2, 0) is 4.74 Å². The average molecular weight is 277 g/mol. The Kier molecular flexibility index (Phi) is 6.70. The highest BCUT2D eigenvalue weighted by Crippen LogP contribution is 2.29. The van der Waals surface area contributed by atoms with Crippen molar-refractivity contribution in [2.45, 2.75) is 65.7 Å². The SMILES string of the molecule is CCNC(c1ccccc1)C(OC(C)(C)CC)C(C)C. The van der Waals surface area contributed by atoms with Gasteiger partial charge in [0.2, 0.25) is 0 Å². The van der Waals surface area contributed by atoms with Crippen molar-refractivity contribution in [3.63, 3.8) is 0 Å². The molecule has 2 nitrogen and oxygen atoms in total. The van der Waals surface area contributed by atoms with Crippen LogP contribution in [0.3, 0.4) is 0 Å². The molecule has 2 atom stereocenters. The molecule has 0 aliphatic heterocycles. The highest BCUT2D eigenvalue weighted by Gasteiger charge is 2.31. The highest BCUT2D eigenvalue weighted by molar-refractivity contribution is 5.20. The first kappa shape index (κ1) is 17.2. The van der Waals surface area contributed by atoms with E-state index in [0.717, 1.165) is 13.0 Å². The van der Waals surface area contributed by atoms with E-state index in [4.69, 9.17) is 4.74 Å². The van der Waals surface area contributed by atoms with E-state index < -0.39 is 0 Å². The fourth-order valence-electron chi connectivity index (χ4n) is 2.34. The van der Waals surface area contributed by atoms with Gasteiger partial charge in [0, 0.05) is 0 Å². The van der Waals surface area contributed by atoms with Gasteiger partial charge in [0.05, 0.1) is 17.7 Å². The lowest BCUT2D eigenvalue weighted by atomic mass is 9.92. The smallest absolute Gasteiger partial charge is 0.0799 e. The molecule has 1 rings (SSSR count). The fourth-order valence-corrected chi connectivity index (χ4v) is 2.34. The number of ether oxygens (including phenoxy) is 1. The zero-order valence-corrected chi connectivity index (χ0v) is 13.9. The Balaban J connectivity index is 3.01. The van der Waals surface area contributed by atoms with E-state index in [2.05, 4.69) is 77.2 Å². The zero-order valence-electron chi connectivity index (χ0n) is 13.9.